The zero-order valence-corrected chi connectivity index (χ0v) is 4.43. The van der Waals surface area contributed by atoms with Gasteiger partial charge in [-0.25, -0.2) is 4.40 Å². The summed E-state index contributed by atoms with van der Waals surface area (Å²) >= 11 is -0.860. The smallest absolute Gasteiger partial charge is 0.268 e. The van der Waals surface area contributed by atoms with Crippen molar-refractivity contribution in [3.8, 4) is 0 Å². The standard InChI is InChI=1S/C4H4NOS/c6-4-7-3-1-2-5-7/h1-3,7H. The third-order valence-electron chi connectivity index (χ3n) is 0.598. The Hall–Kier alpha value is -0.570. The third-order valence-corrected chi connectivity index (χ3v) is 1.62. The first-order valence-electron chi connectivity index (χ1n) is 1.81. The van der Waals surface area contributed by atoms with E-state index in [1.807, 2.05) is 0 Å². The molecule has 1 heterocycles. The molecule has 2 nitrogen and oxygen atoms in total. The van der Waals surface area contributed by atoms with Crippen LogP contribution < -0.4 is 0 Å². The number of carbonyl (C=O) groups excluding carboxylic acids is 1. The molecule has 0 spiro atoms. The Morgan fingerprint density at radius 3 is 2.86 bits per heavy atom. The topological polar surface area (TPSA) is 29.4 Å². The van der Waals surface area contributed by atoms with Crippen molar-refractivity contribution >= 4 is 22.9 Å². The molecule has 1 unspecified atom stereocenters. The van der Waals surface area contributed by atoms with Crippen LogP contribution in [0.1, 0.15) is 0 Å². The van der Waals surface area contributed by atoms with Crippen molar-refractivity contribution in [1.29, 1.82) is 0 Å². The maximum Gasteiger partial charge on any atom is 0.268 e. The predicted molar refractivity (Wildman–Crippen MR) is 32.3 cm³/mol. The van der Waals surface area contributed by atoms with E-state index in [9.17, 15) is 4.79 Å². The lowest BCUT2D eigenvalue weighted by Gasteiger charge is -1.88. The normalized spacial score (nSPS) is 31.1. The van der Waals surface area contributed by atoms with Crippen LogP contribution in [0.4, 0.5) is 0 Å². The average Bonchev–Trinajstić information content (AvgIpc) is 2.14. The Morgan fingerprint density at radius 2 is 2.57 bits per heavy atom. The minimum Gasteiger partial charge on any atom is -0.277 e. The van der Waals surface area contributed by atoms with Gasteiger partial charge in [0.05, 0.1) is 0 Å². The lowest BCUT2D eigenvalue weighted by atomic mass is 10.7. The molecule has 7 heavy (non-hydrogen) atoms. The van der Waals surface area contributed by atoms with E-state index in [1.54, 1.807) is 23.3 Å². The Balaban J connectivity index is 2.59. The van der Waals surface area contributed by atoms with Gasteiger partial charge in [-0.15, -0.1) is 0 Å². The van der Waals surface area contributed by atoms with Crippen molar-refractivity contribution in [3.05, 3.63) is 11.5 Å². The van der Waals surface area contributed by atoms with Crippen LogP contribution in [0, 0.1) is 0 Å². The number of allylic oxidation sites excluding steroid dienone is 1. The summed E-state index contributed by atoms with van der Waals surface area (Å²) in [6.07, 6.45) is 3.38. The van der Waals surface area contributed by atoms with Crippen LogP contribution in [0.5, 0.6) is 0 Å². The Morgan fingerprint density at radius 1 is 1.71 bits per heavy atom. The molecule has 0 aromatic carbocycles. The molecule has 0 aromatic heterocycles. The van der Waals surface area contributed by atoms with Gasteiger partial charge in [-0.2, -0.15) is 0 Å². The molecule has 0 N–H and O–H groups in total. The lowest BCUT2D eigenvalue weighted by Crippen LogP contribution is -1.61. The minimum absolute atomic E-state index is 0.860. The second kappa shape index (κ2) is 1.93. The molecule has 0 bridgehead atoms. The van der Waals surface area contributed by atoms with E-state index in [0.29, 0.717) is 0 Å². The third kappa shape index (κ3) is 0.899. The summed E-state index contributed by atoms with van der Waals surface area (Å²) in [6.45, 7) is 0. The molecular weight excluding hydrogens is 110 g/mol. The van der Waals surface area contributed by atoms with Crippen molar-refractivity contribution in [1.82, 2.24) is 0 Å². The van der Waals surface area contributed by atoms with Gasteiger partial charge in [-0.1, -0.05) is 11.1 Å². The van der Waals surface area contributed by atoms with Gasteiger partial charge in [-0.3, -0.25) is 4.79 Å². The van der Waals surface area contributed by atoms with Gasteiger partial charge in [0.15, 0.2) is 0 Å². The highest BCUT2D eigenvalue weighted by Crippen LogP contribution is 2.26. The molecule has 1 radical (unpaired) electrons. The Kier molecular flexibility index (Phi) is 1.26. The predicted octanol–water partition coefficient (Wildman–Crippen LogP) is 0.568. The molecule has 0 aromatic rings. The molecular formula is C4H4NOS. The van der Waals surface area contributed by atoms with E-state index in [2.05, 4.69) is 4.40 Å². The maximum atomic E-state index is 9.75. The summed E-state index contributed by atoms with van der Waals surface area (Å²) in [5, 5.41) is 1.75. The molecule has 37 valence electrons. The van der Waals surface area contributed by atoms with Gasteiger partial charge < -0.3 is 0 Å². The van der Waals surface area contributed by atoms with Crippen molar-refractivity contribution in [3.63, 3.8) is 0 Å². The molecule has 0 amide bonds. The second-order valence-electron chi connectivity index (χ2n) is 1.04. The fourth-order valence-corrected chi connectivity index (χ4v) is 0.968. The first-order chi connectivity index (χ1) is 3.43. The SMILES string of the molecule is O=[C][SH]1C=CC=N1. The number of hydrogen-bond donors (Lipinski definition) is 1. The van der Waals surface area contributed by atoms with Crippen LogP contribution in [0.3, 0.4) is 0 Å². The highest BCUT2D eigenvalue weighted by atomic mass is 32.2. The number of nitrogens with zero attached hydrogens (tertiary/aromatic N) is 1. The fraction of sp³-hybridized carbons (Fsp3) is 0. The van der Waals surface area contributed by atoms with Crippen LogP contribution in [0.2, 0.25) is 0 Å². The molecule has 0 saturated carbocycles. The number of hydrogen-bond acceptors (Lipinski definition) is 2. The summed E-state index contributed by atoms with van der Waals surface area (Å²) in [6, 6.07) is 0. The summed E-state index contributed by atoms with van der Waals surface area (Å²) in [5.74, 6) is 0. The van der Waals surface area contributed by atoms with Crippen LogP contribution in [-0.4, -0.2) is 11.8 Å². The quantitative estimate of drug-likeness (QED) is 0.496. The monoisotopic (exact) mass is 114 g/mol. The average molecular weight is 114 g/mol. The van der Waals surface area contributed by atoms with E-state index in [4.69, 9.17) is 0 Å². The summed E-state index contributed by atoms with van der Waals surface area (Å²) in [7, 11) is 0. The summed E-state index contributed by atoms with van der Waals surface area (Å²) < 4.78 is 3.76. The highest BCUT2D eigenvalue weighted by Gasteiger charge is 1.94. The van der Waals surface area contributed by atoms with Gasteiger partial charge >= 0.3 is 0 Å². The lowest BCUT2D eigenvalue weighted by molar-refractivity contribution is 0.570. The van der Waals surface area contributed by atoms with Crippen molar-refractivity contribution in [2.75, 3.05) is 0 Å². The van der Waals surface area contributed by atoms with E-state index in [0.717, 1.165) is 0 Å². The van der Waals surface area contributed by atoms with Crippen molar-refractivity contribution in [2.45, 2.75) is 0 Å². The van der Waals surface area contributed by atoms with Gasteiger partial charge in [0.25, 0.3) is 5.62 Å². The first-order valence-corrected chi connectivity index (χ1v) is 3.17. The molecule has 0 fully saturated rings. The second-order valence-corrected chi connectivity index (χ2v) is 2.44. The molecule has 1 rings (SSSR count). The van der Waals surface area contributed by atoms with Crippen LogP contribution in [-0.2, 0) is 4.79 Å². The van der Waals surface area contributed by atoms with Crippen molar-refractivity contribution < 1.29 is 4.79 Å². The Labute approximate surface area is 44.4 Å². The van der Waals surface area contributed by atoms with E-state index >= 15 is 0 Å². The van der Waals surface area contributed by atoms with Gasteiger partial charge in [0, 0.05) is 6.21 Å². The molecule has 1 aliphatic rings. The van der Waals surface area contributed by atoms with E-state index < -0.39 is 11.1 Å². The van der Waals surface area contributed by atoms with Crippen LogP contribution in [0.25, 0.3) is 0 Å². The molecule has 3 heteroatoms. The molecule has 0 aliphatic carbocycles. The molecule has 1 atom stereocenters. The minimum atomic E-state index is -0.860. The zero-order chi connectivity index (χ0) is 5.11. The van der Waals surface area contributed by atoms with Gasteiger partial charge in [0.1, 0.15) is 0 Å². The first kappa shape index (κ1) is 4.59. The zero-order valence-electron chi connectivity index (χ0n) is 3.53. The van der Waals surface area contributed by atoms with E-state index in [-0.39, 0.29) is 0 Å². The largest absolute Gasteiger partial charge is 0.277 e. The van der Waals surface area contributed by atoms with E-state index in [1.165, 1.54) is 0 Å². The number of thiol groups is 1. The summed E-state index contributed by atoms with van der Waals surface area (Å²) in [4.78, 5) is 9.75. The van der Waals surface area contributed by atoms with Gasteiger partial charge in [0.2, 0.25) is 0 Å². The van der Waals surface area contributed by atoms with Gasteiger partial charge in [-0.05, 0) is 11.5 Å². The number of rotatable bonds is 1. The molecule has 0 saturated heterocycles. The maximum absolute atomic E-state index is 9.75. The van der Waals surface area contributed by atoms with Crippen molar-refractivity contribution in [2.24, 2.45) is 4.40 Å². The highest BCUT2D eigenvalue weighted by molar-refractivity contribution is 8.29. The summed E-state index contributed by atoms with van der Waals surface area (Å²) in [5.41, 5.74) is 1.79. The molecule has 1 aliphatic heterocycles. The Bertz CT molecular complexity index is 118. The fourth-order valence-electron chi connectivity index (χ4n) is 0.323. The van der Waals surface area contributed by atoms with Crippen LogP contribution >= 0.6 is 11.1 Å². The van der Waals surface area contributed by atoms with Crippen LogP contribution in [0.15, 0.2) is 15.9 Å².